The summed E-state index contributed by atoms with van der Waals surface area (Å²) in [5.41, 5.74) is 1.50. The van der Waals surface area contributed by atoms with E-state index in [0.717, 1.165) is 16.3 Å². The number of anilines is 1. The molecular formula is C20H19NO3S. The largest absolute Gasteiger partial charge is 0.325 e. The van der Waals surface area contributed by atoms with Crippen LogP contribution in [-0.2, 0) is 14.6 Å². The van der Waals surface area contributed by atoms with Crippen LogP contribution in [0.1, 0.15) is 12.5 Å². The molecule has 128 valence electrons. The van der Waals surface area contributed by atoms with Crippen LogP contribution in [0.2, 0.25) is 0 Å². The van der Waals surface area contributed by atoms with E-state index in [9.17, 15) is 13.2 Å². The Bertz CT molecular complexity index is 1040. The van der Waals surface area contributed by atoms with E-state index in [1.807, 2.05) is 43.3 Å². The number of amides is 1. The summed E-state index contributed by atoms with van der Waals surface area (Å²) >= 11 is 0. The van der Waals surface area contributed by atoms with Gasteiger partial charge in [-0.25, -0.2) is 8.42 Å². The van der Waals surface area contributed by atoms with Gasteiger partial charge in [0, 0.05) is 5.69 Å². The lowest BCUT2D eigenvalue weighted by Gasteiger charge is -2.15. The van der Waals surface area contributed by atoms with Gasteiger partial charge in [-0.2, -0.15) is 0 Å². The number of carbonyl (C=O) groups is 1. The minimum atomic E-state index is -3.77. The molecule has 1 atom stereocenters. The smallest absolute Gasteiger partial charge is 0.242 e. The lowest BCUT2D eigenvalue weighted by Crippen LogP contribution is -2.32. The summed E-state index contributed by atoms with van der Waals surface area (Å²) < 4.78 is 25.7. The van der Waals surface area contributed by atoms with Gasteiger partial charge < -0.3 is 5.32 Å². The minimum Gasteiger partial charge on any atom is -0.325 e. The molecule has 1 unspecified atom stereocenters. The number of para-hydroxylation sites is 1. The Balaban J connectivity index is 1.89. The second-order valence-electron chi connectivity index (χ2n) is 6.00. The average molecular weight is 353 g/mol. The number of aryl methyl sites for hydroxylation is 1. The first kappa shape index (κ1) is 17.2. The highest BCUT2D eigenvalue weighted by Gasteiger charge is 2.30. The van der Waals surface area contributed by atoms with E-state index in [2.05, 4.69) is 5.32 Å². The van der Waals surface area contributed by atoms with Crippen molar-refractivity contribution in [3.63, 3.8) is 0 Å². The summed E-state index contributed by atoms with van der Waals surface area (Å²) in [5.74, 6) is -0.539. The molecule has 0 heterocycles. The molecule has 25 heavy (non-hydrogen) atoms. The quantitative estimate of drug-likeness (QED) is 0.772. The molecule has 0 radical (unpaired) electrons. The predicted molar refractivity (Wildman–Crippen MR) is 100 cm³/mol. The minimum absolute atomic E-state index is 0.152. The second kappa shape index (κ2) is 6.69. The number of hydrogen-bond acceptors (Lipinski definition) is 3. The summed E-state index contributed by atoms with van der Waals surface area (Å²) in [6.07, 6.45) is 0. The van der Waals surface area contributed by atoms with Crippen LogP contribution in [0.4, 0.5) is 5.69 Å². The SMILES string of the molecule is Cc1ccccc1NC(=O)C(C)S(=O)(=O)c1ccc2ccccc2c1. The molecule has 0 fully saturated rings. The van der Waals surface area contributed by atoms with E-state index < -0.39 is 21.0 Å². The van der Waals surface area contributed by atoms with Crippen LogP contribution in [-0.4, -0.2) is 19.6 Å². The van der Waals surface area contributed by atoms with Crippen LogP contribution >= 0.6 is 0 Å². The standard InChI is InChI=1S/C20H19NO3S/c1-14-7-3-6-10-19(14)21-20(22)15(2)25(23,24)18-12-11-16-8-4-5-9-17(16)13-18/h3-13,15H,1-2H3,(H,21,22). The summed E-state index contributed by atoms with van der Waals surface area (Å²) in [6.45, 7) is 3.27. The van der Waals surface area contributed by atoms with Crippen molar-refractivity contribution >= 4 is 32.2 Å². The molecule has 3 rings (SSSR count). The van der Waals surface area contributed by atoms with Crippen LogP contribution < -0.4 is 5.32 Å². The third-order valence-electron chi connectivity index (χ3n) is 4.29. The maximum Gasteiger partial charge on any atom is 0.242 e. The van der Waals surface area contributed by atoms with Gasteiger partial charge in [0.15, 0.2) is 9.84 Å². The fourth-order valence-electron chi connectivity index (χ4n) is 2.64. The molecule has 0 bridgehead atoms. The van der Waals surface area contributed by atoms with Gasteiger partial charge in [0.05, 0.1) is 4.90 Å². The number of hydrogen-bond donors (Lipinski definition) is 1. The topological polar surface area (TPSA) is 63.2 Å². The Morgan fingerprint density at radius 3 is 2.28 bits per heavy atom. The number of rotatable bonds is 4. The zero-order valence-corrected chi connectivity index (χ0v) is 14.9. The highest BCUT2D eigenvalue weighted by Crippen LogP contribution is 2.23. The van der Waals surface area contributed by atoms with Crippen molar-refractivity contribution in [1.82, 2.24) is 0 Å². The van der Waals surface area contributed by atoms with Gasteiger partial charge in [-0.3, -0.25) is 4.79 Å². The van der Waals surface area contributed by atoms with Gasteiger partial charge >= 0.3 is 0 Å². The normalized spacial score (nSPS) is 12.7. The highest BCUT2D eigenvalue weighted by molar-refractivity contribution is 7.92. The fourth-order valence-corrected chi connectivity index (χ4v) is 3.93. The number of carbonyl (C=O) groups excluding carboxylic acids is 1. The lowest BCUT2D eigenvalue weighted by molar-refractivity contribution is -0.115. The molecule has 4 nitrogen and oxygen atoms in total. The molecule has 3 aromatic rings. The zero-order chi connectivity index (χ0) is 18.0. The number of nitrogens with one attached hydrogen (secondary N) is 1. The van der Waals surface area contributed by atoms with E-state index in [4.69, 9.17) is 0 Å². The Hall–Kier alpha value is -2.66. The molecule has 0 aromatic heterocycles. The maximum absolute atomic E-state index is 12.8. The third-order valence-corrected chi connectivity index (χ3v) is 6.34. The first-order chi connectivity index (χ1) is 11.9. The van der Waals surface area contributed by atoms with Gasteiger partial charge in [0.2, 0.25) is 5.91 Å². The van der Waals surface area contributed by atoms with Gasteiger partial charge in [0.1, 0.15) is 5.25 Å². The molecule has 0 saturated heterocycles. The number of sulfone groups is 1. The monoisotopic (exact) mass is 353 g/mol. The van der Waals surface area contributed by atoms with Crippen LogP contribution in [0, 0.1) is 6.92 Å². The van der Waals surface area contributed by atoms with Crippen LogP contribution in [0.15, 0.2) is 71.6 Å². The Kier molecular flexibility index (Phi) is 4.59. The molecule has 5 heteroatoms. The molecule has 1 N–H and O–H groups in total. The van der Waals surface area contributed by atoms with Crippen molar-refractivity contribution in [2.24, 2.45) is 0 Å². The predicted octanol–water partition coefficient (Wildman–Crippen LogP) is 3.95. The molecule has 1 amide bonds. The molecule has 0 aliphatic rings. The Morgan fingerprint density at radius 2 is 1.56 bits per heavy atom. The van der Waals surface area contributed by atoms with Crippen molar-refractivity contribution in [3.05, 3.63) is 72.3 Å². The van der Waals surface area contributed by atoms with Gasteiger partial charge in [-0.05, 0) is 48.4 Å². The van der Waals surface area contributed by atoms with Crippen molar-refractivity contribution in [3.8, 4) is 0 Å². The maximum atomic E-state index is 12.8. The van der Waals surface area contributed by atoms with Crippen LogP contribution in [0.25, 0.3) is 10.8 Å². The number of fused-ring (bicyclic) bond motifs is 1. The molecule has 0 aliphatic carbocycles. The summed E-state index contributed by atoms with van der Waals surface area (Å²) in [4.78, 5) is 12.6. The molecule has 0 saturated carbocycles. The third kappa shape index (κ3) is 3.42. The summed E-state index contributed by atoms with van der Waals surface area (Å²) in [5, 5.41) is 3.30. The van der Waals surface area contributed by atoms with E-state index in [-0.39, 0.29) is 4.90 Å². The van der Waals surface area contributed by atoms with Crippen LogP contribution in [0.5, 0.6) is 0 Å². The van der Waals surface area contributed by atoms with Crippen molar-refractivity contribution in [2.75, 3.05) is 5.32 Å². The van der Waals surface area contributed by atoms with Crippen molar-refractivity contribution < 1.29 is 13.2 Å². The fraction of sp³-hybridized carbons (Fsp3) is 0.150. The van der Waals surface area contributed by atoms with E-state index in [1.165, 1.54) is 6.92 Å². The van der Waals surface area contributed by atoms with Gasteiger partial charge in [-0.15, -0.1) is 0 Å². The van der Waals surface area contributed by atoms with Gasteiger partial charge in [0.25, 0.3) is 0 Å². The van der Waals surface area contributed by atoms with Crippen molar-refractivity contribution in [1.29, 1.82) is 0 Å². The Morgan fingerprint density at radius 1 is 0.920 bits per heavy atom. The lowest BCUT2D eigenvalue weighted by atomic mass is 10.1. The number of benzene rings is 3. The molecule has 0 aliphatic heterocycles. The molecule has 3 aromatic carbocycles. The first-order valence-electron chi connectivity index (χ1n) is 7.99. The van der Waals surface area contributed by atoms with Crippen molar-refractivity contribution in [2.45, 2.75) is 24.0 Å². The average Bonchev–Trinajstić information content (AvgIpc) is 2.62. The zero-order valence-electron chi connectivity index (χ0n) is 14.1. The molecule has 0 spiro atoms. The Labute approximate surface area is 147 Å². The highest BCUT2D eigenvalue weighted by atomic mass is 32.2. The summed E-state index contributed by atoms with van der Waals surface area (Å²) in [6, 6.07) is 19.7. The van der Waals surface area contributed by atoms with E-state index in [0.29, 0.717) is 5.69 Å². The van der Waals surface area contributed by atoms with E-state index >= 15 is 0 Å². The second-order valence-corrected chi connectivity index (χ2v) is 8.27. The van der Waals surface area contributed by atoms with E-state index in [1.54, 1.807) is 30.3 Å². The molecular weight excluding hydrogens is 334 g/mol. The first-order valence-corrected chi connectivity index (χ1v) is 9.53. The van der Waals surface area contributed by atoms with Gasteiger partial charge in [-0.1, -0.05) is 48.5 Å². The summed E-state index contributed by atoms with van der Waals surface area (Å²) in [7, 11) is -3.77. The van der Waals surface area contributed by atoms with Crippen LogP contribution in [0.3, 0.4) is 0 Å².